The molecular formula is C20H23N2O3+. The predicted octanol–water partition coefficient (Wildman–Crippen LogP) is 3.14. The quantitative estimate of drug-likeness (QED) is 0.701. The van der Waals surface area contributed by atoms with Crippen molar-refractivity contribution in [3.63, 3.8) is 0 Å². The summed E-state index contributed by atoms with van der Waals surface area (Å²) in [5, 5.41) is 3.09. The summed E-state index contributed by atoms with van der Waals surface area (Å²) in [6.45, 7) is 6.75. The lowest BCUT2D eigenvalue weighted by molar-refractivity contribution is -0.710. The van der Waals surface area contributed by atoms with Crippen molar-refractivity contribution >= 4 is 16.9 Å². The molecule has 3 rings (SSSR count). The van der Waals surface area contributed by atoms with Gasteiger partial charge < -0.3 is 14.5 Å². The molecule has 0 amide bonds. The monoisotopic (exact) mass is 339 g/mol. The highest BCUT2D eigenvalue weighted by Crippen LogP contribution is 2.23. The summed E-state index contributed by atoms with van der Waals surface area (Å²) in [5.41, 5.74) is 3.12. The number of rotatable bonds is 6. The van der Waals surface area contributed by atoms with Crippen LogP contribution in [-0.4, -0.2) is 17.6 Å². The number of para-hydroxylation sites is 1. The number of nitrogens with zero attached hydrogens (tertiary/aromatic N) is 1. The molecule has 130 valence electrons. The Hall–Kier alpha value is -2.66. The van der Waals surface area contributed by atoms with Crippen LogP contribution in [0.15, 0.2) is 47.1 Å². The maximum absolute atomic E-state index is 12.5. The van der Waals surface area contributed by atoms with Gasteiger partial charge in [-0.3, -0.25) is 0 Å². The second-order valence-electron chi connectivity index (χ2n) is 6.04. The molecule has 0 aliphatic carbocycles. The van der Waals surface area contributed by atoms with Gasteiger partial charge in [0.25, 0.3) is 0 Å². The van der Waals surface area contributed by atoms with Crippen molar-refractivity contribution in [2.75, 3.05) is 6.61 Å². The van der Waals surface area contributed by atoms with Crippen LogP contribution < -0.4 is 5.32 Å². The molecule has 2 heterocycles. The van der Waals surface area contributed by atoms with E-state index >= 15 is 0 Å². The van der Waals surface area contributed by atoms with Crippen LogP contribution in [0, 0.1) is 6.92 Å². The Bertz CT molecular complexity index is 872. The van der Waals surface area contributed by atoms with Gasteiger partial charge in [0.15, 0.2) is 5.76 Å². The Kier molecular flexibility index (Phi) is 5.14. The van der Waals surface area contributed by atoms with Crippen molar-refractivity contribution in [1.82, 2.24) is 4.98 Å². The number of aromatic nitrogens is 1. The molecular weight excluding hydrogens is 316 g/mol. The van der Waals surface area contributed by atoms with Gasteiger partial charge in [0.05, 0.1) is 24.0 Å². The first-order chi connectivity index (χ1) is 12.1. The maximum atomic E-state index is 12.5. The summed E-state index contributed by atoms with van der Waals surface area (Å²) >= 11 is 0. The molecule has 1 atom stereocenters. The van der Waals surface area contributed by atoms with Crippen LogP contribution in [0.2, 0.25) is 0 Å². The number of pyridine rings is 1. The Morgan fingerprint density at radius 2 is 2.08 bits per heavy atom. The number of fused-ring (bicyclic) bond motifs is 1. The number of carbonyl (C=O) groups is 1. The van der Waals surface area contributed by atoms with Gasteiger partial charge in [-0.1, -0.05) is 18.2 Å². The zero-order valence-electron chi connectivity index (χ0n) is 14.8. The number of esters is 1. The van der Waals surface area contributed by atoms with Crippen LogP contribution in [0.4, 0.5) is 0 Å². The highest BCUT2D eigenvalue weighted by atomic mass is 16.5. The predicted molar refractivity (Wildman–Crippen MR) is 95.2 cm³/mol. The number of hydrogen-bond donors (Lipinski definition) is 1. The molecule has 5 nitrogen and oxygen atoms in total. The first-order valence-electron chi connectivity index (χ1n) is 8.53. The van der Waals surface area contributed by atoms with E-state index in [2.05, 4.69) is 12.2 Å². The van der Waals surface area contributed by atoms with Crippen molar-refractivity contribution in [3.05, 3.63) is 65.2 Å². The smallest absolute Gasteiger partial charge is 0.340 e. The number of aryl methyl sites for hydroxylation is 1. The van der Waals surface area contributed by atoms with E-state index in [4.69, 9.17) is 14.1 Å². The second kappa shape index (κ2) is 7.49. The van der Waals surface area contributed by atoms with Gasteiger partial charge in [-0.05, 0) is 44.5 Å². The first-order valence-corrected chi connectivity index (χ1v) is 8.53. The topological polar surface area (TPSA) is 68.9 Å². The number of carbonyl (C=O) groups excluding carboxylic acids is 1. The molecule has 25 heavy (non-hydrogen) atoms. The summed E-state index contributed by atoms with van der Waals surface area (Å²) < 4.78 is 10.7. The van der Waals surface area contributed by atoms with Crippen molar-refractivity contribution < 1.29 is 19.3 Å². The molecule has 0 aliphatic rings. The zero-order valence-corrected chi connectivity index (χ0v) is 14.8. The number of quaternary nitrogens is 1. The lowest BCUT2D eigenvalue weighted by atomic mass is 10.0. The fourth-order valence-electron chi connectivity index (χ4n) is 3.02. The Morgan fingerprint density at radius 3 is 2.80 bits per heavy atom. The SMILES string of the molecule is CCOC(=O)c1c(C[NH2+][C@H](C)c2ccco2)nc2ccccc2c1C. The Balaban J connectivity index is 1.96. The summed E-state index contributed by atoms with van der Waals surface area (Å²) in [6, 6.07) is 11.8. The molecule has 3 aromatic rings. The Morgan fingerprint density at radius 1 is 1.28 bits per heavy atom. The van der Waals surface area contributed by atoms with Crippen LogP contribution in [-0.2, 0) is 11.3 Å². The van der Waals surface area contributed by atoms with Gasteiger partial charge in [-0.25, -0.2) is 9.78 Å². The van der Waals surface area contributed by atoms with Gasteiger partial charge >= 0.3 is 5.97 Å². The third-order valence-electron chi connectivity index (χ3n) is 4.36. The molecule has 5 heteroatoms. The van der Waals surface area contributed by atoms with Crippen LogP contribution >= 0.6 is 0 Å². The van der Waals surface area contributed by atoms with Crippen molar-refractivity contribution in [1.29, 1.82) is 0 Å². The number of hydrogen-bond acceptors (Lipinski definition) is 4. The average Bonchev–Trinajstić information content (AvgIpc) is 3.14. The summed E-state index contributed by atoms with van der Waals surface area (Å²) in [4.78, 5) is 17.2. The van der Waals surface area contributed by atoms with Crippen LogP contribution in [0.3, 0.4) is 0 Å². The van der Waals surface area contributed by atoms with E-state index in [1.807, 2.05) is 50.2 Å². The molecule has 2 aromatic heterocycles. The highest BCUT2D eigenvalue weighted by Gasteiger charge is 2.22. The molecule has 0 saturated carbocycles. The van der Waals surface area contributed by atoms with Gasteiger partial charge in [0.1, 0.15) is 18.3 Å². The van der Waals surface area contributed by atoms with E-state index in [0.29, 0.717) is 18.7 Å². The highest BCUT2D eigenvalue weighted by molar-refractivity contribution is 5.98. The van der Waals surface area contributed by atoms with E-state index in [1.54, 1.807) is 6.26 Å². The van der Waals surface area contributed by atoms with Crippen LogP contribution in [0.25, 0.3) is 10.9 Å². The van der Waals surface area contributed by atoms with Crippen molar-refractivity contribution in [2.45, 2.75) is 33.4 Å². The number of benzene rings is 1. The average molecular weight is 339 g/mol. The zero-order chi connectivity index (χ0) is 17.8. The van der Waals surface area contributed by atoms with Gasteiger partial charge in [0.2, 0.25) is 0 Å². The molecule has 0 saturated heterocycles. The molecule has 0 spiro atoms. The lowest BCUT2D eigenvalue weighted by Gasteiger charge is -2.14. The number of furan rings is 1. The van der Waals surface area contributed by atoms with E-state index in [9.17, 15) is 4.79 Å². The summed E-state index contributed by atoms with van der Waals surface area (Å²) in [6.07, 6.45) is 1.67. The van der Waals surface area contributed by atoms with Gasteiger partial charge in [0, 0.05) is 5.39 Å². The molecule has 0 fully saturated rings. The fraction of sp³-hybridized carbons (Fsp3) is 0.300. The largest absolute Gasteiger partial charge is 0.463 e. The second-order valence-corrected chi connectivity index (χ2v) is 6.04. The summed E-state index contributed by atoms with van der Waals surface area (Å²) in [7, 11) is 0. The van der Waals surface area contributed by atoms with Crippen LogP contribution in [0.1, 0.15) is 47.3 Å². The summed E-state index contributed by atoms with van der Waals surface area (Å²) in [5.74, 6) is 0.586. The molecule has 0 aliphatic heterocycles. The molecule has 2 N–H and O–H groups in total. The number of nitrogens with two attached hydrogens (primary N) is 1. The standard InChI is InChI=1S/C20H22N2O3/c1-4-24-20(23)19-13(2)15-8-5-6-9-16(15)22-17(19)12-21-14(3)18-10-7-11-25-18/h5-11,14,21H,4,12H2,1-3H3/p+1/t14-/m1/s1. The maximum Gasteiger partial charge on any atom is 0.340 e. The van der Waals surface area contributed by atoms with E-state index in [-0.39, 0.29) is 12.0 Å². The third-order valence-corrected chi connectivity index (χ3v) is 4.36. The minimum Gasteiger partial charge on any atom is -0.463 e. The lowest BCUT2D eigenvalue weighted by Crippen LogP contribution is -2.83. The van der Waals surface area contributed by atoms with Gasteiger partial charge in [-0.15, -0.1) is 0 Å². The third kappa shape index (κ3) is 3.56. The van der Waals surface area contributed by atoms with Crippen molar-refractivity contribution in [3.8, 4) is 0 Å². The first kappa shape index (κ1) is 17.2. The van der Waals surface area contributed by atoms with Gasteiger partial charge in [-0.2, -0.15) is 0 Å². The van der Waals surface area contributed by atoms with E-state index < -0.39 is 0 Å². The normalized spacial score (nSPS) is 12.3. The molecule has 0 radical (unpaired) electrons. The minimum absolute atomic E-state index is 0.138. The fourth-order valence-corrected chi connectivity index (χ4v) is 3.02. The minimum atomic E-state index is -0.313. The molecule has 0 unspecified atom stereocenters. The van der Waals surface area contributed by atoms with Crippen LogP contribution in [0.5, 0.6) is 0 Å². The van der Waals surface area contributed by atoms with E-state index in [1.165, 1.54) is 0 Å². The van der Waals surface area contributed by atoms with Crippen molar-refractivity contribution in [2.24, 2.45) is 0 Å². The molecule has 0 bridgehead atoms. The Labute approximate surface area is 147 Å². The number of ether oxygens (including phenoxy) is 1. The van der Waals surface area contributed by atoms with E-state index in [0.717, 1.165) is 27.9 Å². The molecule has 1 aromatic carbocycles.